The van der Waals surface area contributed by atoms with Crippen molar-refractivity contribution in [1.29, 1.82) is 0 Å². The minimum Gasteiger partial charge on any atom is -0.289 e. The number of nitrogens with one attached hydrogen (secondary N) is 1. The zero-order chi connectivity index (χ0) is 11.8. The predicted molar refractivity (Wildman–Crippen MR) is 59.1 cm³/mol. The summed E-state index contributed by atoms with van der Waals surface area (Å²) >= 11 is 0. The summed E-state index contributed by atoms with van der Waals surface area (Å²) < 4.78 is 13.1. The van der Waals surface area contributed by atoms with E-state index in [1.807, 2.05) is 6.07 Å². The van der Waals surface area contributed by atoms with Gasteiger partial charge in [0.2, 0.25) is 5.91 Å². The highest BCUT2D eigenvalue weighted by molar-refractivity contribution is 5.90. The van der Waals surface area contributed by atoms with Crippen molar-refractivity contribution in [3.05, 3.63) is 35.6 Å². The molecular formula is C12H15FN2O. The number of halogens is 1. The van der Waals surface area contributed by atoms with Gasteiger partial charge in [0.25, 0.3) is 0 Å². The third kappa shape index (κ3) is 1.93. The minimum absolute atomic E-state index is 0.0527. The maximum atomic E-state index is 13.1. The summed E-state index contributed by atoms with van der Waals surface area (Å²) in [6, 6.07) is 6.30. The van der Waals surface area contributed by atoms with E-state index < -0.39 is 5.41 Å². The van der Waals surface area contributed by atoms with E-state index in [9.17, 15) is 9.18 Å². The molecular weight excluding hydrogens is 207 g/mol. The standard InChI is InChI=1S/C12H15FN2O/c1-15(2)14-11(16)12(6-7-12)9-4-3-5-10(13)8-9/h3-5,8H,6-7H2,1-2H3,(H,14,16). The van der Waals surface area contributed by atoms with E-state index in [4.69, 9.17) is 0 Å². The van der Waals surface area contributed by atoms with Crippen LogP contribution < -0.4 is 5.43 Å². The Labute approximate surface area is 94.2 Å². The molecule has 0 saturated heterocycles. The number of hydrazine groups is 1. The van der Waals surface area contributed by atoms with Crippen molar-refractivity contribution in [3.63, 3.8) is 0 Å². The molecule has 0 atom stereocenters. The van der Waals surface area contributed by atoms with Crippen LogP contribution in [0.15, 0.2) is 24.3 Å². The number of carbonyl (C=O) groups excluding carboxylic acids is 1. The van der Waals surface area contributed by atoms with Crippen molar-refractivity contribution in [2.24, 2.45) is 0 Å². The molecule has 1 fully saturated rings. The van der Waals surface area contributed by atoms with Crippen molar-refractivity contribution < 1.29 is 9.18 Å². The summed E-state index contributed by atoms with van der Waals surface area (Å²) in [5.74, 6) is -0.343. The fourth-order valence-electron chi connectivity index (χ4n) is 1.87. The third-order valence-corrected chi connectivity index (χ3v) is 2.89. The van der Waals surface area contributed by atoms with Crippen LogP contribution in [0.2, 0.25) is 0 Å². The molecule has 1 aromatic rings. The van der Waals surface area contributed by atoms with Gasteiger partial charge < -0.3 is 0 Å². The van der Waals surface area contributed by atoms with Gasteiger partial charge in [-0.25, -0.2) is 9.40 Å². The first kappa shape index (κ1) is 11.1. The molecule has 1 aromatic carbocycles. The lowest BCUT2D eigenvalue weighted by Crippen LogP contribution is -2.42. The summed E-state index contributed by atoms with van der Waals surface area (Å²) in [5.41, 5.74) is 3.00. The first-order valence-electron chi connectivity index (χ1n) is 5.29. The van der Waals surface area contributed by atoms with Crippen LogP contribution >= 0.6 is 0 Å². The largest absolute Gasteiger partial charge is 0.289 e. The van der Waals surface area contributed by atoms with Crippen molar-refractivity contribution in [1.82, 2.24) is 10.4 Å². The molecule has 1 N–H and O–H groups in total. The van der Waals surface area contributed by atoms with Crippen LogP contribution in [0.1, 0.15) is 18.4 Å². The first-order valence-corrected chi connectivity index (χ1v) is 5.29. The van der Waals surface area contributed by atoms with Gasteiger partial charge in [0.1, 0.15) is 5.82 Å². The molecule has 0 unspecified atom stereocenters. The van der Waals surface area contributed by atoms with Gasteiger partial charge in [-0.1, -0.05) is 12.1 Å². The molecule has 0 spiro atoms. The van der Waals surface area contributed by atoms with Crippen molar-refractivity contribution in [2.75, 3.05) is 14.1 Å². The normalized spacial score (nSPS) is 17.2. The van der Waals surface area contributed by atoms with Gasteiger partial charge in [-0.15, -0.1) is 0 Å². The Bertz CT molecular complexity index is 413. The Balaban J connectivity index is 2.23. The third-order valence-electron chi connectivity index (χ3n) is 2.89. The average molecular weight is 222 g/mol. The van der Waals surface area contributed by atoms with Gasteiger partial charge in [0.05, 0.1) is 5.41 Å². The molecule has 3 nitrogen and oxygen atoms in total. The fourth-order valence-corrected chi connectivity index (χ4v) is 1.87. The van der Waals surface area contributed by atoms with E-state index >= 15 is 0 Å². The lowest BCUT2D eigenvalue weighted by Gasteiger charge is -2.19. The van der Waals surface area contributed by atoms with Gasteiger partial charge in [-0.3, -0.25) is 10.2 Å². The van der Waals surface area contributed by atoms with Crippen molar-refractivity contribution in [3.8, 4) is 0 Å². The molecule has 4 heteroatoms. The molecule has 1 amide bonds. The van der Waals surface area contributed by atoms with Crippen LogP contribution in [-0.4, -0.2) is 25.0 Å². The Morgan fingerprint density at radius 3 is 2.62 bits per heavy atom. The lowest BCUT2D eigenvalue weighted by atomic mass is 9.95. The van der Waals surface area contributed by atoms with Crippen molar-refractivity contribution >= 4 is 5.91 Å². The SMILES string of the molecule is CN(C)NC(=O)C1(c2cccc(F)c2)CC1. The topological polar surface area (TPSA) is 32.3 Å². The molecule has 16 heavy (non-hydrogen) atoms. The quantitative estimate of drug-likeness (QED) is 0.785. The van der Waals surface area contributed by atoms with E-state index in [0.29, 0.717) is 0 Å². The predicted octanol–water partition coefficient (Wildman–Crippen LogP) is 1.45. The molecule has 1 aliphatic carbocycles. The molecule has 1 saturated carbocycles. The van der Waals surface area contributed by atoms with Gasteiger partial charge in [-0.05, 0) is 30.5 Å². The molecule has 0 radical (unpaired) electrons. The van der Waals surface area contributed by atoms with E-state index in [2.05, 4.69) is 5.43 Å². The van der Waals surface area contributed by atoms with Crippen LogP contribution in [0.4, 0.5) is 4.39 Å². The molecule has 0 heterocycles. The Morgan fingerprint density at radius 1 is 1.44 bits per heavy atom. The highest BCUT2D eigenvalue weighted by atomic mass is 19.1. The number of hydrogen-bond acceptors (Lipinski definition) is 2. The van der Waals surface area contributed by atoms with Crippen LogP contribution in [0, 0.1) is 5.82 Å². The Kier molecular flexibility index (Phi) is 2.68. The van der Waals surface area contributed by atoms with Gasteiger partial charge in [0, 0.05) is 14.1 Å². The van der Waals surface area contributed by atoms with E-state index in [1.165, 1.54) is 12.1 Å². The summed E-state index contributed by atoms with van der Waals surface area (Å²) in [6.45, 7) is 0. The zero-order valence-corrected chi connectivity index (χ0v) is 9.46. The average Bonchev–Trinajstić information content (AvgIpc) is 2.97. The molecule has 0 aromatic heterocycles. The molecule has 86 valence electrons. The smallest absolute Gasteiger partial charge is 0.244 e. The minimum atomic E-state index is -0.508. The van der Waals surface area contributed by atoms with Crippen LogP contribution in [0.5, 0.6) is 0 Å². The van der Waals surface area contributed by atoms with Gasteiger partial charge in [-0.2, -0.15) is 0 Å². The first-order chi connectivity index (χ1) is 7.54. The van der Waals surface area contributed by atoms with E-state index in [-0.39, 0.29) is 11.7 Å². The number of carbonyl (C=O) groups is 1. The number of benzene rings is 1. The lowest BCUT2D eigenvalue weighted by molar-refractivity contribution is -0.127. The Morgan fingerprint density at radius 2 is 2.12 bits per heavy atom. The number of amides is 1. The maximum absolute atomic E-state index is 13.1. The summed E-state index contributed by atoms with van der Waals surface area (Å²) in [7, 11) is 3.53. The number of rotatable bonds is 3. The highest BCUT2D eigenvalue weighted by Crippen LogP contribution is 2.48. The molecule has 2 rings (SSSR count). The zero-order valence-electron chi connectivity index (χ0n) is 9.46. The second-order valence-corrected chi connectivity index (χ2v) is 4.43. The van der Waals surface area contributed by atoms with Crippen LogP contribution in [0.3, 0.4) is 0 Å². The molecule has 0 aliphatic heterocycles. The highest BCUT2D eigenvalue weighted by Gasteiger charge is 2.51. The maximum Gasteiger partial charge on any atom is 0.244 e. The van der Waals surface area contributed by atoms with E-state index in [1.54, 1.807) is 25.2 Å². The second-order valence-electron chi connectivity index (χ2n) is 4.43. The number of nitrogens with zero attached hydrogens (tertiary/aromatic N) is 1. The number of hydrogen-bond donors (Lipinski definition) is 1. The second kappa shape index (κ2) is 3.87. The fraction of sp³-hybridized carbons (Fsp3) is 0.417. The van der Waals surface area contributed by atoms with Crippen LogP contribution in [0.25, 0.3) is 0 Å². The summed E-state index contributed by atoms with van der Waals surface area (Å²) in [6.07, 6.45) is 1.58. The monoisotopic (exact) mass is 222 g/mol. The van der Waals surface area contributed by atoms with Gasteiger partial charge >= 0.3 is 0 Å². The van der Waals surface area contributed by atoms with Crippen LogP contribution in [-0.2, 0) is 10.2 Å². The summed E-state index contributed by atoms with van der Waals surface area (Å²) in [5, 5.41) is 1.61. The molecule has 1 aliphatic rings. The Hall–Kier alpha value is -1.42. The van der Waals surface area contributed by atoms with E-state index in [0.717, 1.165) is 18.4 Å². The van der Waals surface area contributed by atoms with Gasteiger partial charge in [0.15, 0.2) is 0 Å². The summed E-state index contributed by atoms with van der Waals surface area (Å²) in [4.78, 5) is 12.0. The van der Waals surface area contributed by atoms with Crippen molar-refractivity contribution in [2.45, 2.75) is 18.3 Å². The molecule has 0 bridgehead atoms.